The van der Waals surface area contributed by atoms with Gasteiger partial charge in [-0.25, -0.2) is 0 Å². The molecule has 1 unspecified atom stereocenters. The minimum absolute atomic E-state index is 0.0277. The second kappa shape index (κ2) is 17.1. The number of ether oxygens (including phenoxy) is 4. The number of carbonyl (C=O) groups excluding carboxylic acids is 1. The fourth-order valence-corrected chi connectivity index (χ4v) is 5.69. The van der Waals surface area contributed by atoms with E-state index in [0.29, 0.717) is 31.7 Å². The molecule has 0 aromatic carbocycles. The lowest BCUT2D eigenvalue weighted by molar-refractivity contribution is -0.304. The van der Waals surface area contributed by atoms with E-state index in [2.05, 4.69) is 21.3 Å². The lowest BCUT2D eigenvalue weighted by Crippen LogP contribution is -2.69. The van der Waals surface area contributed by atoms with Gasteiger partial charge in [-0.1, -0.05) is 0 Å². The van der Waals surface area contributed by atoms with Crippen molar-refractivity contribution < 1.29 is 49.3 Å². The Kier molecular flexibility index (Phi) is 14.2. The van der Waals surface area contributed by atoms with Crippen molar-refractivity contribution in [1.29, 1.82) is 5.41 Å². The van der Waals surface area contributed by atoms with Crippen molar-refractivity contribution in [2.24, 2.45) is 17.2 Å². The fraction of sp³-hybridized carbons (Fsp3) is 0.852. The molecule has 0 bridgehead atoms. The van der Waals surface area contributed by atoms with Crippen molar-refractivity contribution in [2.45, 2.75) is 105 Å². The standard InChI is InChI=1S/C27H52N8O10/c1-27(41)12-42-25(19(39)22(27)32-2)45-21-16(35-23(40)17(37)6-8-34-26(30)31)10-15(29)20(18(21)38)44-24-14(28)5-4-13(43-24)11-33-7-3-9-36/h4,14-22,24-25,32-33,36-39,41H,3,5-12,28-29H2,1-2H3,(H,35,40)(H4,30,31,34)/t14-,15+,16-,17+,18+,19-,20?,21+,22-,24-,25-,27+/m1/s1. The summed E-state index contributed by atoms with van der Waals surface area (Å²) in [5.41, 5.74) is 16.6. The normalized spacial score (nSPS) is 37.7. The fourth-order valence-electron chi connectivity index (χ4n) is 5.69. The molecule has 260 valence electrons. The van der Waals surface area contributed by atoms with Crippen LogP contribution >= 0.6 is 0 Å². The first-order valence-electron chi connectivity index (χ1n) is 15.2. The summed E-state index contributed by atoms with van der Waals surface area (Å²) in [4.78, 5) is 12.9. The molecule has 18 heteroatoms. The molecule has 0 radical (unpaired) electrons. The number of likely N-dealkylation sites (N-methyl/N-ethyl adjacent to an activating group) is 1. The van der Waals surface area contributed by atoms with Crippen molar-refractivity contribution in [3.63, 3.8) is 0 Å². The Labute approximate surface area is 262 Å². The van der Waals surface area contributed by atoms with E-state index >= 15 is 0 Å². The molecular formula is C27H52N8O10. The highest BCUT2D eigenvalue weighted by molar-refractivity contribution is 5.81. The van der Waals surface area contributed by atoms with Crippen LogP contribution < -0.4 is 38.5 Å². The first-order valence-corrected chi connectivity index (χ1v) is 15.2. The van der Waals surface area contributed by atoms with Crippen LogP contribution in [0.2, 0.25) is 0 Å². The van der Waals surface area contributed by atoms with Crippen molar-refractivity contribution in [1.82, 2.24) is 21.3 Å². The third kappa shape index (κ3) is 10.1. The second-order valence-electron chi connectivity index (χ2n) is 12.0. The molecule has 0 spiro atoms. The van der Waals surface area contributed by atoms with Crippen LogP contribution in [0.4, 0.5) is 0 Å². The number of rotatable bonds is 15. The summed E-state index contributed by atoms with van der Waals surface area (Å²) >= 11 is 0. The van der Waals surface area contributed by atoms with E-state index in [1.807, 2.05) is 6.08 Å². The molecule has 3 rings (SSSR count). The molecular weight excluding hydrogens is 596 g/mol. The van der Waals surface area contributed by atoms with Gasteiger partial charge in [0, 0.05) is 19.2 Å². The van der Waals surface area contributed by atoms with Crippen LogP contribution in [0, 0.1) is 5.41 Å². The van der Waals surface area contributed by atoms with Crippen LogP contribution in [0.5, 0.6) is 0 Å². The first kappa shape index (κ1) is 37.3. The van der Waals surface area contributed by atoms with E-state index < -0.39 is 78.8 Å². The molecule has 0 aromatic rings. The highest BCUT2D eigenvalue weighted by atomic mass is 16.7. The lowest BCUT2D eigenvalue weighted by Gasteiger charge is -2.48. The Bertz CT molecular complexity index is 993. The average Bonchev–Trinajstić information content (AvgIpc) is 2.97. The number of nitrogens with two attached hydrogens (primary N) is 3. The maximum Gasteiger partial charge on any atom is 0.249 e. The summed E-state index contributed by atoms with van der Waals surface area (Å²) in [6.45, 7) is 2.37. The van der Waals surface area contributed by atoms with Gasteiger partial charge in [0.05, 0.1) is 31.3 Å². The van der Waals surface area contributed by atoms with E-state index in [4.69, 9.17) is 46.7 Å². The minimum atomic E-state index is -1.49. The molecule has 45 heavy (non-hydrogen) atoms. The summed E-state index contributed by atoms with van der Waals surface area (Å²) < 4.78 is 23.9. The van der Waals surface area contributed by atoms with Crippen molar-refractivity contribution in [2.75, 3.05) is 39.9 Å². The molecule has 2 heterocycles. The number of amides is 1. The molecule has 1 amide bonds. The Morgan fingerprint density at radius 1 is 1.18 bits per heavy atom. The van der Waals surface area contributed by atoms with Gasteiger partial charge in [-0.3, -0.25) is 10.2 Å². The quantitative estimate of drug-likeness (QED) is 0.0447. The Balaban J connectivity index is 1.76. The lowest BCUT2D eigenvalue weighted by atomic mass is 9.83. The van der Waals surface area contributed by atoms with E-state index in [1.165, 1.54) is 6.92 Å². The molecule has 2 fully saturated rings. The number of aliphatic hydroxyl groups excluding tert-OH is 4. The third-order valence-corrected chi connectivity index (χ3v) is 8.15. The summed E-state index contributed by atoms with van der Waals surface area (Å²) in [7, 11) is 1.56. The largest absolute Gasteiger partial charge is 0.467 e. The van der Waals surface area contributed by atoms with E-state index in [9.17, 15) is 25.2 Å². The second-order valence-corrected chi connectivity index (χ2v) is 12.0. The number of hydrogen-bond acceptors (Lipinski definition) is 15. The van der Waals surface area contributed by atoms with Gasteiger partial charge in [-0.2, -0.15) is 0 Å². The van der Waals surface area contributed by atoms with Crippen LogP contribution in [-0.4, -0.2) is 150 Å². The average molecular weight is 649 g/mol. The molecule has 12 atom stereocenters. The van der Waals surface area contributed by atoms with Gasteiger partial charge in [0.15, 0.2) is 12.2 Å². The highest BCUT2D eigenvalue weighted by Crippen LogP contribution is 2.32. The van der Waals surface area contributed by atoms with Gasteiger partial charge >= 0.3 is 0 Å². The van der Waals surface area contributed by atoms with Crippen molar-refractivity contribution >= 4 is 11.9 Å². The zero-order chi connectivity index (χ0) is 33.3. The van der Waals surface area contributed by atoms with Gasteiger partial charge in [-0.15, -0.1) is 0 Å². The Hall–Kier alpha value is -2.20. The summed E-state index contributed by atoms with van der Waals surface area (Å²) in [6.07, 6.45) is -6.18. The summed E-state index contributed by atoms with van der Waals surface area (Å²) in [6, 6.07) is -3.24. The predicted molar refractivity (Wildman–Crippen MR) is 160 cm³/mol. The van der Waals surface area contributed by atoms with Crippen LogP contribution in [0.1, 0.15) is 32.6 Å². The van der Waals surface area contributed by atoms with E-state index in [1.54, 1.807) is 7.05 Å². The predicted octanol–water partition coefficient (Wildman–Crippen LogP) is -5.45. The topological polar surface area (TPSA) is 305 Å². The molecule has 2 aliphatic heterocycles. The molecule has 1 saturated heterocycles. The summed E-state index contributed by atoms with van der Waals surface area (Å²) in [5.74, 6) is -0.510. The van der Waals surface area contributed by atoms with Crippen molar-refractivity contribution in [3.05, 3.63) is 11.8 Å². The van der Waals surface area contributed by atoms with Gasteiger partial charge in [0.1, 0.15) is 41.9 Å². The van der Waals surface area contributed by atoms with Gasteiger partial charge < -0.3 is 82.9 Å². The number of nitrogens with one attached hydrogen (secondary N) is 5. The van der Waals surface area contributed by atoms with Crippen molar-refractivity contribution in [3.8, 4) is 0 Å². The van der Waals surface area contributed by atoms with Gasteiger partial charge in [0.2, 0.25) is 12.2 Å². The van der Waals surface area contributed by atoms with Gasteiger partial charge in [0.25, 0.3) is 0 Å². The SMILES string of the molecule is CN[C@@H]1[C@@H](O)[C@@H](O[C@H]2[C@H](NC(=O)[C@@H](O)CCNC(=N)N)C[C@H](N)C(O[C@H]3OC(CNCCCO)=CC[C@H]3N)[C@@H]2O)OC[C@]1(C)O. The Morgan fingerprint density at radius 3 is 2.56 bits per heavy atom. The third-order valence-electron chi connectivity index (χ3n) is 8.15. The minimum Gasteiger partial charge on any atom is -0.467 e. The zero-order valence-corrected chi connectivity index (χ0v) is 25.8. The molecule has 3 aliphatic rings. The smallest absolute Gasteiger partial charge is 0.249 e. The molecule has 1 saturated carbocycles. The van der Waals surface area contributed by atoms with Gasteiger partial charge in [-0.05, 0) is 52.3 Å². The van der Waals surface area contributed by atoms with Crippen LogP contribution in [0.3, 0.4) is 0 Å². The number of carbonyl (C=O) groups is 1. The van der Waals surface area contributed by atoms with Crippen LogP contribution in [0.25, 0.3) is 0 Å². The number of guanidine groups is 1. The molecule has 18 nitrogen and oxygen atoms in total. The van der Waals surface area contributed by atoms with E-state index in [0.717, 1.165) is 0 Å². The van der Waals surface area contributed by atoms with Crippen LogP contribution in [0.15, 0.2) is 11.8 Å². The first-order chi connectivity index (χ1) is 21.3. The molecule has 1 aliphatic carbocycles. The van der Waals surface area contributed by atoms with E-state index in [-0.39, 0.29) is 38.6 Å². The number of aliphatic hydroxyl groups is 5. The number of hydrogen-bond donors (Lipinski definition) is 13. The van der Waals surface area contributed by atoms with Crippen LogP contribution in [-0.2, 0) is 23.7 Å². The molecule has 0 aromatic heterocycles. The highest BCUT2D eigenvalue weighted by Gasteiger charge is 2.52. The zero-order valence-electron chi connectivity index (χ0n) is 25.8. The monoisotopic (exact) mass is 648 g/mol. The maximum absolute atomic E-state index is 12.9. The maximum atomic E-state index is 12.9. The summed E-state index contributed by atoms with van der Waals surface area (Å²) in [5, 5.41) is 71.1. The Morgan fingerprint density at radius 2 is 1.89 bits per heavy atom. The molecule has 16 N–H and O–H groups in total.